The number of aromatic nitrogens is 4. The van der Waals surface area contributed by atoms with Crippen molar-refractivity contribution in [2.45, 2.75) is 34.2 Å². The predicted molar refractivity (Wildman–Crippen MR) is 81.8 cm³/mol. The quantitative estimate of drug-likeness (QED) is 0.897. The zero-order valence-electron chi connectivity index (χ0n) is 13.2. The van der Waals surface area contributed by atoms with Gasteiger partial charge >= 0.3 is 5.69 Å². The van der Waals surface area contributed by atoms with Gasteiger partial charge in [0.1, 0.15) is 11.5 Å². The summed E-state index contributed by atoms with van der Waals surface area (Å²) in [5, 5.41) is 2.75. The van der Waals surface area contributed by atoms with Gasteiger partial charge in [-0.1, -0.05) is 0 Å². The number of hydrogen-bond donors (Lipinski definition) is 1. The normalized spacial score (nSPS) is 10.5. The highest BCUT2D eigenvalue weighted by Gasteiger charge is 2.09. The molecule has 0 aliphatic carbocycles. The third-order valence-electron chi connectivity index (χ3n) is 3.17. The molecular weight excluding hydrogens is 282 g/mol. The summed E-state index contributed by atoms with van der Waals surface area (Å²) in [6.45, 7) is 7.87. The topological polar surface area (TPSA) is 89.8 Å². The lowest BCUT2D eigenvalue weighted by Crippen LogP contribution is -2.33. The highest BCUT2D eigenvalue weighted by molar-refractivity contribution is 5.92. The standard InChI is InChI=1S/C15H19N5O2/c1-9-7-11(3)20(15(22)18-9)6-5-16-14(21)13-8-10(2)17-12(4)19-13/h7-8H,5-6H2,1-4H3,(H,16,21). The van der Waals surface area contributed by atoms with Crippen molar-refractivity contribution in [2.24, 2.45) is 0 Å². The van der Waals surface area contributed by atoms with E-state index in [-0.39, 0.29) is 11.6 Å². The molecule has 0 aromatic carbocycles. The van der Waals surface area contributed by atoms with Gasteiger partial charge in [0, 0.05) is 30.2 Å². The SMILES string of the molecule is Cc1cc(C(=O)NCCn2c(C)cc(C)nc2=O)nc(C)n1. The van der Waals surface area contributed by atoms with E-state index in [2.05, 4.69) is 20.3 Å². The van der Waals surface area contributed by atoms with Crippen LogP contribution in [0.2, 0.25) is 0 Å². The minimum absolute atomic E-state index is 0.278. The van der Waals surface area contributed by atoms with Gasteiger partial charge in [0.25, 0.3) is 5.91 Å². The van der Waals surface area contributed by atoms with Crippen LogP contribution in [0.25, 0.3) is 0 Å². The molecule has 0 bridgehead atoms. The lowest BCUT2D eigenvalue weighted by Gasteiger charge is -2.10. The lowest BCUT2D eigenvalue weighted by molar-refractivity contribution is 0.0946. The minimum Gasteiger partial charge on any atom is -0.349 e. The van der Waals surface area contributed by atoms with E-state index in [4.69, 9.17) is 0 Å². The van der Waals surface area contributed by atoms with Crippen molar-refractivity contribution in [1.82, 2.24) is 24.8 Å². The van der Waals surface area contributed by atoms with Gasteiger partial charge in [0.15, 0.2) is 0 Å². The molecule has 2 aromatic rings. The second kappa shape index (κ2) is 6.46. The smallest absolute Gasteiger partial charge is 0.348 e. The number of nitrogens with zero attached hydrogens (tertiary/aromatic N) is 4. The number of rotatable bonds is 4. The molecule has 116 valence electrons. The van der Waals surface area contributed by atoms with Crippen molar-refractivity contribution < 1.29 is 4.79 Å². The van der Waals surface area contributed by atoms with E-state index >= 15 is 0 Å². The van der Waals surface area contributed by atoms with E-state index in [1.807, 2.05) is 19.9 Å². The van der Waals surface area contributed by atoms with Crippen LogP contribution < -0.4 is 11.0 Å². The molecule has 1 N–H and O–H groups in total. The molecule has 0 unspecified atom stereocenters. The molecule has 0 aliphatic rings. The zero-order valence-corrected chi connectivity index (χ0v) is 13.2. The molecule has 0 fully saturated rings. The largest absolute Gasteiger partial charge is 0.349 e. The molecule has 2 aromatic heterocycles. The van der Waals surface area contributed by atoms with Gasteiger partial charge < -0.3 is 5.32 Å². The maximum Gasteiger partial charge on any atom is 0.348 e. The highest BCUT2D eigenvalue weighted by atomic mass is 16.2. The van der Waals surface area contributed by atoms with Crippen LogP contribution >= 0.6 is 0 Å². The average molecular weight is 301 g/mol. The molecule has 0 saturated heterocycles. The summed E-state index contributed by atoms with van der Waals surface area (Å²) in [6.07, 6.45) is 0. The zero-order chi connectivity index (χ0) is 16.3. The minimum atomic E-state index is -0.305. The number of nitrogens with one attached hydrogen (secondary N) is 1. The second-order valence-electron chi connectivity index (χ2n) is 5.17. The summed E-state index contributed by atoms with van der Waals surface area (Å²) in [7, 11) is 0. The maximum atomic E-state index is 12.1. The van der Waals surface area contributed by atoms with E-state index in [1.165, 1.54) is 4.57 Å². The number of carbonyl (C=O) groups excluding carboxylic acids is 1. The van der Waals surface area contributed by atoms with Crippen molar-refractivity contribution in [3.63, 3.8) is 0 Å². The van der Waals surface area contributed by atoms with Gasteiger partial charge in [-0.3, -0.25) is 9.36 Å². The van der Waals surface area contributed by atoms with Crippen LogP contribution in [0.4, 0.5) is 0 Å². The van der Waals surface area contributed by atoms with Crippen LogP contribution in [-0.4, -0.2) is 32.0 Å². The van der Waals surface area contributed by atoms with Gasteiger partial charge in [-0.05, 0) is 39.8 Å². The van der Waals surface area contributed by atoms with Crippen molar-refractivity contribution in [1.29, 1.82) is 0 Å². The molecule has 0 atom stereocenters. The fraction of sp³-hybridized carbons (Fsp3) is 0.400. The molecule has 0 spiro atoms. The monoisotopic (exact) mass is 301 g/mol. The van der Waals surface area contributed by atoms with E-state index in [0.717, 1.165) is 11.4 Å². The third-order valence-corrected chi connectivity index (χ3v) is 3.17. The van der Waals surface area contributed by atoms with Gasteiger partial charge in [-0.25, -0.2) is 14.8 Å². The molecule has 0 radical (unpaired) electrons. The lowest BCUT2D eigenvalue weighted by atomic mass is 10.3. The Morgan fingerprint density at radius 1 is 1.09 bits per heavy atom. The van der Waals surface area contributed by atoms with Crippen LogP contribution in [0.5, 0.6) is 0 Å². The van der Waals surface area contributed by atoms with Crippen LogP contribution in [0.15, 0.2) is 16.9 Å². The van der Waals surface area contributed by atoms with Gasteiger partial charge in [-0.2, -0.15) is 4.98 Å². The van der Waals surface area contributed by atoms with E-state index in [0.29, 0.717) is 30.3 Å². The Balaban J connectivity index is 2.02. The Labute approximate surface area is 128 Å². The van der Waals surface area contributed by atoms with Crippen molar-refractivity contribution in [2.75, 3.05) is 6.54 Å². The first-order valence-electron chi connectivity index (χ1n) is 7.02. The van der Waals surface area contributed by atoms with Crippen molar-refractivity contribution in [3.05, 3.63) is 51.2 Å². The average Bonchev–Trinajstić information content (AvgIpc) is 2.40. The summed E-state index contributed by atoms with van der Waals surface area (Å²) < 4.78 is 1.53. The van der Waals surface area contributed by atoms with Crippen LogP contribution in [-0.2, 0) is 6.54 Å². The Hall–Kier alpha value is -2.57. The summed E-state index contributed by atoms with van der Waals surface area (Å²) in [6, 6.07) is 3.47. The molecular formula is C15H19N5O2. The number of hydrogen-bond acceptors (Lipinski definition) is 5. The number of amides is 1. The van der Waals surface area contributed by atoms with Crippen LogP contribution in [0, 0.1) is 27.7 Å². The Bertz CT molecular complexity index is 747. The Morgan fingerprint density at radius 3 is 2.41 bits per heavy atom. The first-order valence-corrected chi connectivity index (χ1v) is 7.02. The van der Waals surface area contributed by atoms with Crippen molar-refractivity contribution in [3.8, 4) is 0 Å². The van der Waals surface area contributed by atoms with E-state index in [1.54, 1.807) is 19.9 Å². The van der Waals surface area contributed by atoms with Crippen LogP contribution in [0.3, 0.4) is 0 Å². The van der Waals surface area contributed by atoms with Crippen molar-refractivity contribution >= 4 is 5.91 Å². The van der Waals surface area contributed by atoms with Gasteiger partial charge in [0.05, 0.1) is 0 Å². The molecule has 22 heavy (non-hydrogen) atoms. The third kappa shape index (κ3) is 3.75. The fourth-order valence-corrected chi connectivity index (χ4v) is 2.25. The molecule has 2 heterocycles. The summed E-state index contributed by atoms with van der Waals surface area (Å²) in [4.78, 5) is 36.0. The molecule has 1 amide bonds. The van der Waals surface area contributed by atoms with E-state index in [9.17, 15) is 9.59 Å². The van der Waals surface area contributed by atoms with Gasteiger partial charge in [-0.15, -0.1) is 0 Å². The van der Waals surface area contributed by atoms with Gasteiger partial charge in [0.2, 0.25) is 0 Å². The molecule has 7 heteroatoms. The van der Waals surface area contributed by atoms with E-state index < -0.39 is 0 Å². The summed E-state index contributed by atoms with van der Waals surface area (Å²) in [5.74, 6) is 0.277. The number of aryl methyl sites for hydroxylation is 4. The Kier molecular flexibility index (Phi) is 4.65. The first kappa shape index (κ1) is 15.8. The number of carbonyl (C=O) groups is 1. The summed E-state index contributed by atoms with van der Waals surface area (Å²) in [5.41, 5.74) is 2.28. The predicted octanol–water partition coefficient (Wildman–Crippen LogP) is 0.697. The summed E-state index contributed by atoms with van der Waals surface area (Å²) >= 11 is 0. The molecule has 0 aliphatic heterocycles. The maximum absolute atomic E-state index is 12.1. The molecule has 2 rings (SSSR count). The fourth-order valence-electron chi connectivity index (χ4n) is 2.25. The molecule has 0 saturated carbocycles. The molecule has 7 nitrogen and oxygen atoms in total. The second-order valence-corrected chi connectivity index (χ2v) is 5.17. The first-order chi connectivity index (χ1) is 10.4. The highest BCUT2D eigenvalue weighted by Crippen LogP contribution is 2.00. The Morgan fingerprint density at radius 2 is 1.77 bits per heavy atom. The van der Waals surface area contributed by atoms with Crippen LogP contribution in [0.1, 0.15) is 33.4 Å².